The van der Waals surface area contributed by atoms with Gasteiger partial charge in [-0.05, 0) is 46.8 Å². The van der Waals surface area contributed by atoms with Gasteiger partial charge in [-0.1, -0.05) is 19.3 Å². The standard InChI is InChI=1S/C14H20BrNOS/c15-11-6-13(18-9-11)7-12(17)8-14(10-16)4-2-1-3-5-14/h6,9H,1-5,7-8,10,16H2. The molecule has 1 aromatic heterocycles. The van der Waals surface area contributed by atoms with Gasteiger partial charge in [0, 0.05) is 27.6 Å². The Morgan fingerprint density at radius 2 is 2.11 bits per heavy atom. The van der Waals surface area contributed by atoms with Gasteiger partial charge in [0.25, 0.3) is 0 Å². The molecule has 0 atom stereocenters. The van der Waals surface area contributed by atoms with Crippen molar-refractivity contribution < 1.29 is 4.79 Å². The number of Topliss-reactive ketones (excluding diaryl/α,β-unsaturated/α-hetero) is 1. The number of carbonyl (C=O) groups excluding carboxylic acids is 1. The van der Waals surface area contributed by atoms with Crippen LogP contribution in [-0.4, -0.2) is 12.3 Å². The molecule has 1 saturated carbocycles. The molecule has 18 heavy (non-hydrogen) atoms. The van der Waals surface area contributed by atoms with E-state index in [2.05, 4.69) is 15.9 Å². The van der Waals surface area contributed by atoms with Crippen LogP contribution >= 0.6 is 27.3 Å². The molecule has 0 unspecified atom stereocenters. The topological polar surface area (TPSA) is 43.1 Å². The number of nitrogens with two attached hydrogens (primary N) is 1. The van der Waals surface area contributed by atoms with Crippen LogP contribution in [0.4, 0.5) is 0 Å². The first kappa shape index (κ1) is 14.2. The summed E-state index contributed by atoms with van der Waals surface area (Å²) in [6.07, 6.45) is 7.25. The lowest BCUT2D eigenvalue weighted by Crippen LogP contribution is -2.35. The minimum atomic E-state index is 0.101. The van der Waals surface area contributed by atoms with Crippen molar-refractivity contribution in [3.8, 4) is 0 Å². The zero-order chi connectivity index (χ0) is 13.0. The van der Waals surface area contributed by atoms with Crippen molar-refractivity contribution in [2.75, 3.05) is 6.54 Å². The Morgan fingerprint density at radius 3 is 2.67 bits per heavy atom. The quantitative estimate of drug-likeness (QED) is 0.889. The number of thiophene rings is 1. The summed E-state index contributed by atoms with van der Waals surface area (Å²) in [5.74, 6) is 0.344. The van der Waals surface area contributed by atoms with Crippen LogP contribution in [0.15, 0.2) is 15.9 Å². The molecule has 1 aromatic rings. The normalized spacial score (nSPS) is 18.8. The van der Waals surface area contributed by atoms with E-state index in [1.54, 1.807) is 11.3 Å². The average Bonchev–Trinajstić information content (AvgIpc) is 2.75. The van der Waals surface area contributed by atoms with Crippen molar-refractivity contribution in [2.45, 2.75) is 44.9 Å². The summed E-state index contributed by atoms with van der Waals surface area (Å²) in [6.45, 7) is 0.660. The largest absolute Gasteiger partial charge is 0.330 e. The van der Waals surface area contributed by atoms with Gasteiger partial charge in [-0.2, -0.15) is 0 Å². The van der Waals surface area contributed by atoms with Crippen molar-refractivity contribution in [1.82, 2.24) is 0 Å². The molecule has 2 N–H and O–H groups in total. The average molecular weight is 330 g/mol. The molecule has 1 aliphatic rings. The van der Waals surface area contributed by atoms with Crippen molar-refractivity contribution >= 4 is 33.0 Å². The second kappa shape index (κ2) is 6.31. The van der Waals surface area contributed by atoms with E-state index in [-0.39, 0.29) is 5.41 Å². The van der Waals surface area contributed by atoms with Crippen LogP contribution in [0.2, 0.25) is 0 Å². The second-order valence-corrected chi connectivity index (χ2v) is 7.30. The van der Waals surface area contributed by atoms with Crippen LogP contribution in [0.3, 0.4) is 0 Å². The minimum absolute atomic E-state index is 0.101. The van der Waals surface area contributed by atoms with E-state index in [9.17, 15) is 4.79 Å². The Morgan fingerprint density at radius 1 is 1.39 bits per heavy atom. The van der Waals surface area contributed by atoms with Gasteiger partial charge in [0.15, 0.2) is 0 Å². The predicted molar refractivity (Wildman–Crippen MR) is 79.9 cm³/mol. The number of ketones is 1. The predicted octanol–water partition coefficient (Wildman–Crippen LogP) is 3.92. The molecule has 1 heterocycles. The molecular formula is C14H20BrNOS. The van der Waals surface area contributed by atoms with Gasteiger partial charge in [-0.15, -0.1) is 11.3 Å². The molecule has 0 saturated heterocycles. The third-order valence-electron chi connectivity index (χ3n) is 3.91. The van der Waals surface area contributed by atoms with E-state index < -0.39 is 0 Å². The molecule has 1 fully saturated rings. The lowest BCUT2D eigenvalue weighted by atomic mass is 9.71. The first-order valence-corrected chi connectivity index (χ1v) is 8.25. The maximum Gasteiger partial charge on any atom is 0.138 e. The van der Waals surface area contributed by atoms with Gasteiger partial charge in [-0.3, -0.25) is 4.79 Å². The molecule has 0 radical (unpaired) electrons. The summed E-state index contributed by atoms with van der Waals surface area (Å²) in [4.78, 5) is 13.3. The molecule has 4 heteroatoms. The van der Waals surface area contributed by atoms with Gasteiger partial charge >= 0.3 is 0 Å². The summed E-state index contributed by atoms with van der Waals surface area (Å²) in [7, 11) is 0. The fraction of sp³-hybridized carbons (Fsp3) is 0.643. The van der Waals surface area contributed by atoms with Crippen LogP contribution in [-0.2, 0) is 11.2 Å². The molecular weight excluding hydrogens is 310 g/mol. The van der Waals surface area contributed by atoms with E-state index >= 15 is 0 Å². The number of carbonyl (C=O) groups is 1. The van der Waals surface area contributed by atoms with E-state index in [0.717, 1.165) is 22.2 Å². The lowest BCUT2D eigenvalue weighted by molar-refractivity contribution is -0.121. The fourth-order valence-corrected chi connectivity index (χ4v) is 4.36. The molecule has 100 valence electrons. The Labute approximate surface area is 121 Å². The van der Waals surface area contributed by atoms with E-state index in [0.29, 0.717) is 25.2 Å². The van der Waals surface area contributed by atoms with Crippen LogP contribution in [0.25, 0.3) is 0 Å². The second-order valence-electron chi connectivity index (χ2n) is 5.39. The Kier molecular flexibility index (Phi) is 4.98. The SMILES string of the molecule is NCC1(CC(=O)Cc2cc(Br)cs2)CCCCC1. The summed E-state index contributed by atoms with van der Waals surface area (Å²) >= 11 is 5.07. The molecule has 2 rings (SSSR count). The Balaban J connectivity index is 1.93. The van der Waals surface area contributed by atoms with Crippen LogP contribution < -0.4 is 5.73 Å². The third-order valence-corrected chi connectivity index (χ3v) is 5.61. The first-order chi connectivity index (χ1) is 8.63. The summed E-state index contributed by atoms with van der Waals surface area (Å²) in [5, 5.41) is 2.03. The zero-order valence-electron chi connectivity index (χ0n) is 10.6. The number of hydrogen-bond acceptors (Lipinski definition) is 3. The van der Waals surface area contributed by atoms with E-state index in [4.69, 9.17) is 5.73 Å². The minimum Gasteiger partial charge on any atom is -0.330 e. The molecule has 0 spiro atoms. The van der Waals surface area contributed by atoms with Crippen LogP contribution in [0.1, 0.15) is 43.4 Å². The molecule has 0 aliphatic heterocycles. The zero-order valence-corrected chi connectivity index (χ0v) is 13.0. The highest BCUT2D eigenvalue weighted by atomic mass is 79.9. The van der Waals surface area contributed by atoms with Gasteiger partial charge in [-0.25, -0.2) is 0 Å². The Bertz CT molecular complexity index is 410. The van der Waals surface area contributed by atoms with E-state index in [1.165, 1.54) is 19.3 Å². The third kappa shape index (κ3) is 3.65. The van der Waals surface area contributed by atoms with Gasteiger partial charge in [0.2, 0.25) is 0 Å². The highest BCUT2D eigenvalue weighted by Crippen LogP contribution is 2.38. The van der Waals surface area contributed by atoms with Crippen molar-refractivity contribution in [3.63, 3.8) is 0 Å². The molecule has 1 aliphatic carbocycles. The highest BCUT2D eigenvalue weighted by Gasteiger charge is 2.32. The van der Waals surface area contributed by atoms with Crippen molar-refractivity contribution in [1.29, 1.82) is 0 Å². The molecule has 0 aromatic carbocycles. The van der Waals surface area contributed by atoms with Gasteiger partial charge in [0.05, 0.1) is 0 Å². The van der Waals surface area contributed by atoms with Crippen molar-refractivity contribution in [3.05, 3.63) is 20.8 Å². The maximum absolute atomic E-state index is 12.2. The lowest BCUT2D eigenvalue weighted by Gasteiger charge is -2.35. The smallest absolute Gasteiger partial charge is 0.138 e. The molecule has 2 nitrogen and oxygen atoms in total. The summed E-state index contributed by atoms with van der Waals surface area (Å²) in [6, 6.07) is 2.04. The van der Waals surface area contributed by atoms with Gasteiger partial charge in [0.1, 0.15) is 5.78 Å². The van der Waals surface area contributed by atoms with Crippen LogP contribution in [0.5, 0.6) is 0 Å². The summed E-state index contributed by atoms with van der Waals surface area (Å²) in [5.41, 5.74) is 6.03. The first-order valence-electron chi connectivity index (χ1n) is 6.58. The monoisotopic (exact) mass is 329 g/mol. The van der Waals surface area contributed by atoms with E-state index in [1.807, 2.05) is 11.4 Å². The number of rotatable bonds is 5. The van der Waals surface area contributed by atoms with Gasteiger partial charge < -0.3 is 5.73 Å². The fourth-order valence-electron chi connectivity index (χ4n) is 2.88. The number of halogens is 1. The molecule has 0 bridgehead atoms. The molecule has 0 amide bonds. The highest BCUT2D eigenvalue weighted by molar-refractivity contribution is 9.10. The van der Waals surface area contributed by atoms with Crippen molar-refractivity contribution in [2.24, 2.45) is 11.1 Å². The number of hydrogen-bond donors (Lipinski definition) is 1. The summed E-state index contributed by atoms with van der Waals surface area (Å²) < 4.78 is 1.07. The Hall–Kier alpha value is -0.190. The van der Waals surface area contributed by atoms with Crippen LogP contribution in [0, 0.1) is 5.41 Å². The maximum atomic E-state index is 12.2.